The van der Waals surface area contributed by atoms with Crippen molar-refractivity contribution >= 4 is 23.1 Å². The van der Waals surface area contributed by atoms with E-state index < -0.39 is 35.2 Å². The Hall–Kier alpha value is -4.07. The Balaban J connectivity index is 1.76. The predicted molar refractivity (Wildman–Crippen MR) is 132 cm³/mol. The summed E-state index contributed by atoms with van der Waals surface area (Å²) in [6.45, 7) is 0. The molecule has 1 amide bonds. The highest BCUT2D eigenvalue weighted by Gasteiger charge is 2.44. The van der Waals surface area contributed by atoms with E-state index in [-0.39, 0.29) is 17.7 Å². The van der Waals surface area contributed by atoms with Crippen molar-refractivity contribution in [2.75, 3.05) is 23.9 Å². The Morgan fingerprint density at radius 2 is 1.64 bits per heavy atom. The highest BCUT2D eigenvalue weighted by atomic mass is 19.4. The van der Waals surface area contributed by atoms with E-state index in [4.69, 9.17) is 0 Å². The van der Waals surface area contributed by atoms with Gasteiger partial charge in [0.15, 0.2) is 11.5 Å². The number of alkyl halides is 3. The molecule has 0 spiro atoms. The van der Waals surface area contributed by atoms with Crippen molar-refractivity contribution in [2.24, 2.45) is 0 Å². The van der Waals surface area contributed by atoms with E-state index in [1.54, 1.807) is 24.3 Å². The highest BCUT2D eigenvalue weighted by Crippen LogP contribution is 2.43. The molecule has 3 aromatic carbocycles. The molecule has 0 aromatic heterocycles. The quantitative estimate of drug-likeness (QED) is 0.446. The normalized spacial score (nSPS) is 16.0. The molecular weight excluding hydrogens is 469 g/mol. The number of benzene rings is 3. The fraction of sp³-hybridized carbons (Fsp3) is 0.214. The number of aryl methyl sites for hydroxylation is 1. The molecule has 0 saturated carbocycles. The molecule has 186 valence electrons. The van der Waals surface area contributed by atoms with Crippen LogP contribution >= 0.6 is 0 Å². The van der Waals surface area contributed by atoms with Crippen molar-refractivity contribution in [1.82, 2.24) is 0 Å². The maximum atomic E-state index is 13.4. The fourth-order valence-corrected chi connectivity index (χ4v) is 4.30. The molecule has 1 aliphatic rings. The SMILES string of the molecule is CN(C)c1ccc(C2C(C(=O)CCc3ccccc3)=C(O)C(=O)N2c2cccc(C(F)(F)F)c2)cc1. The van der Waals surface area contributed by atoms with Gasteiger partial charge in [-0.25, -0.2) is 0 Å². The Morgan fingerprint density at radius 3 is 2.25 bits per heavy atom. The number of hydrogen-bond acceptors (Lipinski definition) is 4. The minimum Gasteiger partial charge on any atom is -0.503 e. The summed E-state index contributed by atoms with van der Waals surface area (Å²) in [5.74, 6) is -2.10. The van der Waals surface area contributed by atoms with E-state index in [1.807, 2.05) is 49.3 Å². The van der Waals surface area contributed by atoms with E-state index in [9.17, 15) is 27.9 Å². The van der Waals surface area contributed by atoms with Gasteiger partial charge in [-0.3, -0.25) is 14.5 Å². The van der Waals surface area contributed by atoms with Crippen molar-refractivity contribution in [2.45, 2.75) is 25.1 Å². The Morgan fingerprint density at radius 1 is 0.972 bits per heavy atom. The number of aliphatic hydroxyl groups is 1. The van der Waals surface area contributed by atoms with Gasteiger partial charge in [-0.15, -0.1) is 0 Å². The third kappa shape index (κ3) is 4.98. The van der Waals surface area contributed by atoms with Crippen LogP contribution in [0.25, 0.3) is 0 Å². The lowest BCUT2D eigenvalue weighted by Crippen LogP contribution is -2.31. The van der Waals surface area contributed by atoms with Crippen molar-refractivity contribution < 1.29 is 27.9 Å². The van der Waals surface area contributed by atoms with Crippen LogP contribution in [0.15, 0.2) is 90.2 Å². The summed E-state index contributed by atoms with van der Waals surface area (Å²) in [6, 6.07) is 19.5. The van der Waals surface area contributed by atoms with E-state index in [2.05, 4.69) is 0 Å². The molecule has 0 aliphatic carbocycles. The maximum absolute atomic E-state index is 13.4. The minimum atomic E-state index is -4.62. The smallest absolute Gasteiger partial charge is 0.416 e. The van der Waals surface area contributed by atoms with Crippen LogP contribution in [0.3, 0.4) is 0 Å². The van der Waals surface area contributed by atoms with Crippen molar-refractivity contribution in [3.05, 3.63) is 107 Å². The van der Waals surface area contributed by atoms with Gasteiger partial charge >= 0.3 is 6.18 Å². The van der Waals surface area contributed by atoms with Gasteiger partial charge in [-0.2, -0.15) is 13.2 Å². The first-order chi connectivity index (χ1) is 17.1. The molecule has 0 saturated heterocycles. The molecule has 0 radical (unpaired) electrons. The lowest BCUT2D eigenvalue weighted by Gasteiger charge is -2.28. The third-order valence-corrected chi connectivity index (χ3v) is 6.17. The van der Waals surface area contributed by atoms with Gasteiger partial charge < -0.3 is 10.0 Å². The first kappa shape index (κ1) is 25.0. The average molecular weight is 495 g/mol. The number of carbonyl (C=O) groups excluding carboxylic acids is 2. The number of ketones is 1. The Labute approximate surface area is 207 Å². The monoisotopic (exact) mass is 494 g/mol. The number of aliphatic hydroxyl groups excluding tert-OH is 1. The molecule has 1 heterocycles. The molecular formula is C28H25F3N2O3. The molecule has 3 aromatic rings. The van der Waals surface area contributed by atoms with Crippen LogP contribution in [-0.2, 0) is 22.2 Å². The molecule has 1 aliphatic heterocycles. The summed E-state index contributed by atoms with van der Waals surface area (Å²) in [5, 5.41) is 10.8. The summed E-state index contributed by atoms with van der Waals surface area (Å²) in [7, 11) is 3.71. The maximum Gasteiger partial charge on any atom is 0.416 e. The van der Waals surface area contributed by atoms with Crippen LogP contribution in [0.4, 0.5) is 24.5 Å². The second-order valence-corrected chi connectivity index (χ2v) is 8.78. The molecule has 4 rings (SSSR count). The van der Waals surface area contributed by atoms with Gasteiger partial charge in [0.2, 0.25) is 0 Å². The van der Waals surface area contributed by atoms with E-state index in [0.29, 0.717) is 12.0 Å². The van der Waals surface area contributed by atoms with Gasteiger partial charge in [0, 0.05) is 31.9 Å². The van der Waals surface area contributed by atoms with Crippen LogP contribution in [0.5, 0.6) is 0 Å². The lowest BCUT2D eigenvalue weighted by atomic mass is 9.92. The fourth-order valence-electron chi connectivity index (χ4n) is 4.30. The van der Waals surface area contributed by atoms with Gasteiger partial charge in [0.05, 0.1) is 17.2 Å². The van der Waals surface area contributed by atoms with Crippen LogP contribution < -0.4 is 9.80 Å². The topological polar surface area (TPSA) is 60.9 Å². The van der Waals surface area contributed by atoms with Gasteiger partial charge in [0.1, 0.15) is 0 Å². The van der Waals surface area contributed by atoms with Crippen molar-refractivity contribution in [1.29, 1.82) is 0 Å². The number of hydrogen-bond donors (Lipinski definition) is 1. The summed E-state index contributed by atoms with van der Waals surface area (Å²) >= 11 is 0. The number of carbonyl (C=O) groups is 2. The zero-order valence-electron chi connectivity index (χ0n) is 19.8. The summed E-state index contributed by atoms with van der Waals surface area (Å²) < 4.78 is 40.2. The number of anilines is 2. The minimum absolute atomic E-state index is 0.0272. The Kier molecular flexibility index (Phi) is 6.88. The number of amides is 1. The zero-order chi connectivity index (χ0) is 26.0. The Bertz CT molecular complexity index is 1300. The van der Waals surface area contributed by atoms with Gasteiger partial charge in [0.25, 0.3) is 5.91 Å². The second-order valence-electron chi connectivity index (χ2n) is 8.78. The molecule has 1 unspecified atom stereocenters. The van der Waals surface area contributed by atoms with E-state index in [0.717, 1.165) is 28.3 Å². The molecule has 5 nitrogen and oxygen atoms in total. The van der Waals surface area contributed by atoms with Crippen molar-refractivity contribution in [3.63, 3.8) is 0 Å². The van der Waals surface area contributed by atoms with Gasteiger partial charge in [-0.05, 0) is 47.9 Å². The second kappa shape index (κ2) is 9.89. The molecule has 36 heavy (non-hydrogen) atoms. The molecule has 1 atom stereocenters. The van der Waals surface area contributed by atoms with E-state index >= 15 is 0 Å². The third-order valence-electron chi connectivity index (χ3n) is 6.17. The molecule has 0 bridgehead atoms. The van der Waals surface area contributed by atoms with Crippen LogP contribution in [0.2, 0.25) is 0 Å². The number of Topliss-reactive ketones (excluding diaryl/α,β-unsaturated/α-hetero) is 1. The molecule has 8 heteroatoms. The first-order valence-corrected chi connectivity index (χ1v) is 11.4. The molecule has 0 fully saturated rings. The largest absolute Gasteiger partial charge is 0.503 e. The first-order valence-electron chi connectivity index (χ1n) is 11.4. The van der Waals surface area contributed by atoms with Crippen LogP contribution in [0.1, 0.15) is 29.2 Å². The number of halogens is 3. The van der Waals surface area contributed by atoms with E-state index in [1.165, 1.54) is 12.1 Å². The van der Waals surface area contributed by atoms with Crippen LogP contribution in [0, 0.1) is 0 Å². The van der Waals surface area contributed by atoms with Crippen molar-refractivity contribution in [3.8, 4) is 0 Å². The summed E-state index contributed by atoms with van der Waals surface area (Å²) in [5.41, 5.74) is 1.16. The highest BCUT2D eigenvalue weighted by molar-refractivity contribution is 6.16. The summed E-state index contributed by atoms with van der Waals surface area (Å²) in [4.78, 5) is 29.5. The lowest BCUT2D eigenvalue weighted by molar-refractivity contribution is -0.137. The van der Waals surface area contributed by atoms with Gasteiger partial charge in [-0.1, -0.05) is 48.5 Å². The summed E-state index contributed by atoms with van der Waals surface area (Å²) in [6.07, 6.45) is -4.20. The van der Waals surface area contributed by atoms with Crippen LogP contribution in [-0.4, -0.2) is 30.9 Å². The average Bonchev–Trinajstić information content (AvgIpc) is 3.13. The number of nitrogens with zero attached hydrogens (tertiary/aromatic N) is 2. The zero-order valence-corrected chi connectivity index (χ0v) is 19.8. The predicted octanol–water partition coefficient (Wildman–Crippen LogP) is 5.87. The number of rotatable bonds is 7. The standard InChI is InChI=1S/C28H25F3N2O3/c1-32(2)21-14-12-19(13-15-21)25-24(23(34)16-11-18-7-4-3-5-8-18)26(35)27(36)33(25)22-10-6-9-20(17-22)28(29,30)31/h3-10,12-15,17,25,35H,11,16H2,1-2H3. The molecule has 1 N–H and O–H groups in total.